The molecule has 0 amide bonds. The first kappa shape index (κ1) is 17.9. The number of aromatic nitrogens is 4. The van der Waals surface area contributed by atoms with Gasteiger partial charge in [0.1, 0.15) is 5.65 Å². The highest BCUT2D eigenvalue weighted by Crippen LogP contribution is 2.27. The molecule has 0 unspecified atom stereocenters. The number of hydrogen-bond donors (Lipinski definition) is 2. The highest BCUT2D eigenvalue weighted by molar-refractivity contribution is 5.68. The highest BCUT2D eigenvalue weighted by atomic mass is 16.3. The third-order valence-electron chi connectivity index (χ3n) is 5.68. The fraction of sp³-hybridized carbons (Fsp3) is 0.318. The summed E-state index contributed by atoms with van der Waals surface area (Å²) >= 11 is 0. The van der Waals surface area contributed by atoms with Crippen LogP contribution in [0, 0.1) is 6.92 Å². The Hall–Kier alpha value is -3.19. The van der Waals surface area contributed by atoms with Crippen molar-refractivity contribution in [2.24, 2.45) is 5.73 Å². The minimum atomic E-state index is 0.324. The Kier molecular flexibility index (Phi) is 4.52. The first-order valence-corrected chi connectivity index (χ1v) is 10.0. The Bertz CT molecular complexity index is 1130. The number of nitrogens with zero attached hydrogens (tertiary/aromatic N) is 4. The van der Waals surface area contributed by atoms with Crippen molar-refractivity contribution in [3.05, 3.63) is 54.9 Å². The van der Waals surface area contributed by atoms with Crippen molar-refractivity contribution in [2.75, 3.05) is 5.32 Å². The average molecular weight is 388 g/mol. The number of nitrogens with two attached hydrogens (primary N) is 1. The van der Waals surface area contributed by atoms with Gasteiger partial charge in [0.2, 0.25) is 5.95 Å². The fourth-order valence-electron chi connectivity index (χ4n) is 3.97. The van der Waals surface area contributed by atoms with E-state index in [0.29, 0.717) is 18.0 Å². The van der Waals surface area contributed by atoms with Crippen LogP contribution >= 0.6 is 0 Å². The number of aryl methyl sites for hydroxylation is 1. The van der Waals surface area contributed by atoms with Crippen LogP contribution in [0.5, 0.6) is 0 Å². The van der Waals surface area contributed by atoms with Crippen molar-refractivity contribution < 1.29 is 4.42 Å². The molecule has 29 heavy (non-hydrogen) atoms. The van der Waals surface area contributed by atoms with E-state index in [0.717, 1.165) is 59.4 Å². The van der Waals surface area contributed by atoms with Gasteiger partial charge in [-0.1, -0.05) is 0 Å². The molecule has 1 aliphatic rings. The van der Waals surface area contributed by atoms with E-state index in [4.69, 9.17) is 15.1 Å². The number of anilines is 1. The second-order valence-electron chi connectivity index (χ2n) is 7.78. The van der Waals surface area contributed by atoms with Gasteiger partial charge in [0.05, 0.1) is 30.1 Å². The van der Waals surface area contributed by atoms with E-state index >= 15 is 0 Å². The van der Waals surface area contributed by atoms with Crippen LogP contribution in [0.15, 0.2) is 53.7 Å². The summed E-state index contributed by atoms with van der Waals surface area (Å²) in [6.07, 6.45) is 13.4. The number of rotatable bonds is 4. The molecular formula is C22H24N6O. The van der Waals surface area contributed by atoms with Gasteiger partial charge < -0.3 is 15.5 Å². The number of furan rings is 1. The molecule has 1 aliphatic carbocycles. The summed E-state index contributed by atoms with van der Waals surface area (Å²) in [7, 11) is 0. The first-order valence-electron chi connectivity index (χ1n) is 10.0. The molecule has 0 spiro atoms. The molecule has 7 heteroatoms. The molecule has 4 aromatic heterocycles. The SMILES string of the molecule is Cc1cnc(N[C@H]2CC[C@H](N)CC2)nc1-c1cnc2ccc(-c3ccoc3)cn12. The van der Waals surface area contributed by atoms with Gasteiger partial charge in [-0.2, -0.15) is 0 Å². The van der Waals surface area contributed by atoms with Gasteiger partial charge in [-0.05, 0) is 56.4 Å². The predicted molar refractivity (Wildman–Crippen MR) is 113 cm³/mol. The highest BCUT2D eigenvalue weighted by Gasteiger charge is 2.20. The summed E-state index contributed by atoms with van der Waals surface area (Å²) in [6.45, 7) is 2.03. The van der Waals surface area contributed by atoms with Crippen LogP contribution in [0.1, 0.15) is 31.2 Å². The Morgan fingerprint density at radius 1 is 1.07 bits per heavy atom. The Balaban J connectivity index is 1.50. The van der Waals surface area contributed by atoms with Gasteiger partial charge in [-0.15, -0.1) is 0 Å². The van der Waals surface area contributed by atoms with Crippen molar-refractivity contribution in [1.29, 1.82) is 0 Å². The molecule has 3 N–H and O–H groups in total. The van der Waals surface area contributed by atoms with E-state index in [1.165, 1.54) is 0 Å². The number of pyridine rings is 1. The van der Waals surface area contributed by atoms with Crippen LogP contribution in [0.25, 0.3) is 28.2 Å². The van der Waals surface area contributed by atoms with E-state index < -0.39 is 0 Å². The van der Waals surface area contributed by atoms with E-state index in [1.54, 1.807) is 12.5 Å². The van der Waals surface area contributed by atoms with E-state index in [1.807, 2.05) is 37.5 Å². The molecule has 0 radical (unpaired) electrons. The summed E-state index contributed by atoms with van der Waals surface area (Å²) in [6, 6.07) is 6.70. The van der Waals surface area contributed by atoms with Gasteiger partial charge in [0.15, 0.2) is 0 Å². The third-order valence-corrected chi connectivity index (χ3v) is 5.68. The van der Waals surface area contributed by atoms with Gasteiger partial charge in [-0.3, -0.25) is 4.40 Å². The normalized spacial score (nSPS) is 19.5. The second kappa shape index (κ2) is 7.33. The molecule has 1 fully saturated rings. The second-order valence-corrected chi connectivity index (χ2v) is 7.78. The summed E-state index contributed by atoms with van der Waals surface area (Å²) < 4.78 is 7.30. The van der Waals surface area contributed by atoms with Crippen LogP contribution in [0.2, 0.25) is 0 Å². The summed E-state index contributed by atoms with van der Waals surface area (Å²) in [5, 5.41) is 3.49. The molecule has 148 valence electrons. The topological polar surface area (TPSA) is 94.3 Å². The van der Waals surface area contributed by atoms with Crippen LogP contribution in [-0.4, -0.2) is 31.4 Å². The van der Waals surface area contributed by atoms with E-state index in [9.17, 15) is 0 Å². The van der Waals surface area contributed by atoms with Crippen molar-refractivity contribution in [3.8, 4) is 22.5 Å². The summed E-state index contributed by atoms with van der Waals surface area (Å²) in [5.74, 6) is 0.659. The molecular weight excluding hydrogens is 364 g/mol. The number of imidazole rings is 1. The maximum atomic E-state index is 6.02. The molecule has 0 atom stereocenters. The Labute approximate surface area is 169 Å². The van der Waals surface area contributed by atoms with Gasteiger partial charge in [-0.25, -0.2) is 15.0 Å². The van der Waals surface area contributed by atoms with Crippen molar-refractivity contribution in [1.82, 2.24) is 19.4 Å². The molecule has 4 aromatic rings. The lowest BCUT2D eigenvalue weighted by atomic mass is 9.92. The van der Waals surface area contributed by atoms with Gasteiger partial charge in [0, 0.05) is 35.6 Å². The first-order chi connectivity index (χ1) is 14.2. The minimum Gasteiger partial charge on any atom is -0.472 e. The molecule has 0 bridgehead atoms. The molecule has 0 aromatic carbocycles. The van der Waals surface area contributed by atoms with Crippen LogP contribution < -0.4 is 11.1 Å². The lowest BCUT2D eigenvalue weighted by Crippen LogP contribution is -2.33. The third kappa shape index (κ3) is 3.49. The molecule has 4 heterocycles. The van der Waals surface area contributed by atoms with Crippen LogP contribution in [-0.2, 0) is 0 Å². The van der Waals surface area contributed by atoms with Crippen LogP contribution in [0.3, 0.4) is 0 Å². The fourth-order valence-corrected chi connectivity index (χ4v) is 3.97. The lowest BCUT2D eigenvalue weighted by molar-refractivity contribution is 0.410. The standard InChI is InChI=1S/C22H24N6O/c1-14-10-25-22(26-18-5-3-17(23)4-6-18)27-21(14)19-11-24-20-7-2-15(12-28(19)20)16-8-9-29-13-16/h2,7-13,17-18H,3-6,23H2,1H3,(H,25,26,27)/t17-,18-. The molecule has 5 rings (SSSR count). The van der Waals surface area contributed by atoms with E-state index in [-0.39, 0.29) is 0 Å². The number of fused-ring (bicyclic) bond motifs is 1. The van der Waals surface area contributed by atoms with E-state index in [2.05, 4.69) is 25.9 Å². The molecule has 1 saturated carbocycles. The van der Waals surface area contributed by atoms with Crippen molar-refractivity contribution in [2.45, 2.75) is 44.7 Å². The largest absolute Gasteiger partial charge is 0.472 e. The lowest BCUT2D eigenvalue weighted by Gasteiger charge is -2.26. The van der Waals surface area contributed by atoms with Crippen LogP contribution in [0.4, 0.5) is 5.95 Å². The maximum Gasteiger partial charge on any atom is 0.223 e. The quantitative estimate of drug-likeness (QED) is 0.548. The zero-order chi connectivity index (χ0) is 19.8. The summed E-state index contributed by atoms with van der Waals surface area (Å²) in [4.78, 5) is 13.9. The molecule has 0 aliphatic heterocycles. The maximum absolute atomic E-state index is 6.02. The average Bonchev–Trinajstić information content (AvgIpc) is 3.41. The Morgan fingerprint density at radius 3 is 2.72 bits per heavy atom. The molecule has 7 nitrogen and oxygen atoms in total. The van der Waals surface area contributed by atoms with Gasteiger partial charge >= 0.3 is 0 Å². The van der Waals surface area contributed by atoms with Crippen molar-refractivity contribution >= 4 is 11.6 Å². The van der Waals surface area contributed by atoms with Crippen molar-refractivity contribution in [3.63, 3.8) is 0 Å². The number of nitrogens with one attached hydrogen (secondary N) is 1. The predicted octanol–water partition coefficient (Wildman–Crippen LogP) is 4.04. The zero-order valence-electron chi connectivity index (χ0n) is 16.4. The molecule has 0 saturated heterocycles. The summed E-state index contributed by atoms with van der Waals surface area (Å²) in [5.41, 5.74) is 11.8. The zero-order valence-corrected chi connectivity index (χ0v) is 16.4. The smallest absolute Gasteiger partial charge is 0.223 e. The Morgan fingerprint density at radius 2 is 1.93 bits per heavy atom. The minimum absolute atomic E-state index is 0.324. The van der Waals surface area contributed by atoms with Gasteiger partial charge in [0.25, 0.3) is 0 Å². The number of hydrogen-bond acceptors (Lipinski definition) is 6. The monoisotopic (exact) mass is 388 g/mol.